The third-order valence-electron chi connectivity index (χ3n) is 15.2. The van der Waals surface area contributed by atoms with Gasteiger partial charge in [0.2, 0.25) is 5.79 Å². The molecule has 0 radical (unpaired) electrons. The van der Waals surface area contributed by atoms with Crippen molar-refractivity contribution in [2.45, 2.75) is 173 Å². The normalized spacial score (nSPS) is 37.4. The Bertz CT molecular complexity index is 2170. The minimum atomic E-state index is -2.59. The zero-order valence-corrected chi connectivity index (χ0v) is 41.3. The summed E-state index contributed by atoms with van der Waals surface area (Å²) in [5, 5.41) is 48.0. The first-order valence-corrected chi connectivity index (χ1v) is 24.7. The summed E-state index contributed by atoms with van der Waals surface area (Å²) in [5.74, 6) is -8.23. The fourth-order valence-corrected chi connectivity index (χ4v) is 10.9. The molecule has 15 heteroatoms. The third kappa shape index (κ3) is 11.7. The molecular formula is C53H76N2O13. The number of piperidine rings is 1. The lowest BCUT2D eigenvalue weighted by Gasteiger charge is -2.47. The Morgan fingerprint density at radius 3 is 2.34 bits per heavy atom. The SMILES string of the molecule is C=CCn1ccc2cc(OC3CCC(C=C(C)C4OC(=O)C5CCCCN5C(=O)C(=O)C5(O)OC(C(OC)CC(C)C(O)/C(C)=C/C(CC)C(=O)CC(O)C4C)C(OC)CC5C)CC3O)ccc21. The summed E-state index contributed by atoms with van der Waals surface area (Å²) < 4.78 is 32.7. The number of hydrogen-bond acceptors (Lipinski definition) is 13. The fraction of sp³-hybridized carbons (Fsp3) is 0.660. The van der Waals surface area contributed by atoms with Crippen LogP contribution in [0.25, 0.3) is 10.9 Å². The number of allylic oxidation sites excluding steroid dienone is 3. The number of nitrogens with zero attached hydrogens (tertiary/aromatic N) is 2. The van der Waals surface area contributed by atoms with Gasteiger partial charge < -0.3 is 53.6 Å². The number of ether oxygens (including phenoxy) is 5. The van der Waals surface area contributed by atoms with E-state index in [1.54, 1.807) is 33.8 Å². The monoisotopic (exact) mass is 949 g/mol. The maximum atomic E-state index is 14.5. The van der Waals surface area contributed by atoms with Crippen LogP contribution < -0.4 is 4.74 Å². The van der Waals surface area contributed by atoms with Crippen LogP contribution in [-0.4, -0.2) is 135 Å². The molecule has 15 atom stereocenters. The predicted octanol–water partition coefficient (Wildman–Crippen LogP) is 6.02. The Balaban J connectivity index is 1.29. The van der Waals surface area contributed by atoms with Crippen LogP contribution in [0.3, 0.4) is 0 Å². The van der Waals surface area contributed by atoms with E-state index in [-0.39, 0.29) is 43.9 Å². The summed E-state index contributed by atoms with van der Waals surface area (Å²) in [6.07, 6.45) is 3.72. The molecule has 2 bridgehead atoms. The van der Waals surface area contributed by atoms with Crippen molar-refractivity contribution in [3.63, 3.8) is 0 Å². The standard InChI is InChI=1S/C53H76N2O13/c1-10-20-54-22-19-37-28-38(16-17-39(37)54)66-44-18-15-35(27-43(44)58)23-32(5)48-34(7)41(56)29-42(57)36(11-2)24-30(3)47(59)31(4)25-45(64-8)49-46(65-9)26-33(6)53(63,68-49)50(60)51(61)55-21-13-12-14-40(55)52(62)67-48/h10,16-17,19,22-24,28,31,33-36,40-41,43-49,56,58-59,63H,1,11-15,18,20-21,25-27,29H2,2-9H3/b30-24+,32-23?. The van der Waals surface area contributed by atoms with Crippen molar-refractivity contribution in [3.05, 3.63) is 66.4 Å². The van der Waals surface area contributed by atoms with Crippen LogP contribution in [0.15, 0.2) is 66.4 Å². The van der Waals surface area contributed by atoms with Crippen molar-refractivity contribution in [2.75, 3.05) is 20.8 Å². The van der Waals surface area contributed by atoms with Crippen molar-refractivity contribution < 1.29 is 63.3 Å². The average molecular weight is 949 g/mol. The molecule has 376 valence electrons. The Kier molecular flexibility index (Phi) is 18.1. The number of aliphatic hydroxyl groups excluding tert-OH is 3. The van der Waals surface area contributed by atoms with Gasteiger partial charge in [-0.1, -0.05) is 45.9 Å². The van der Waals surface area contributed by atoms with Gasteiger partial charge >= 0.3 is 5.97 Å². The van der Waals surface area contributed by atoms with E-state index in [1.807, 2.05) is 56.5 Å². The first-order valence-electron chi connectivity index (χ1n) is 24.7. The van der Waals surface area contributed by atoms with Crippen molar-refractivity contribution in [2.24, 2.45) is 29.6 Å². The summed E-state index contributed by atoms with van der Waals surface area (Å²) in [4.78, 5) is 58.4. The van der Waals surface area contributed by atoms with E-state index in [1.165, 1.54) is 14.2 Å². The number of aliphatic hydroxyl groups is 4. The van der Waals surface area contributed by atoms with E-state index in [0.29, 0.717) is 62.0 Å². The topological polar surface area (TPSA) is 204 Å². The van der Waals surface area contributed by atoms with Crippen LogP contribution in [0, 0.1) is 29.6 Å². The van der Waals surface area contributed by atoms with Gasteiger partial charge in [0, 0.05) is 68.6 Å². The van der Waals surface area contributed by atoms with Crippen LogP contribution in [-0.2, 0) is 44.7 Å². The zero-order chi connectivity index (χ0) is 49.6. The number of rotatable bonds is 9. The van der Waals surface area contributed by atoms with E-state index >= 15 is 0 Å². The fourth-order valence-electron chi connectivity index (χ4n) is 10.9. The van der Waals surface area contributed by atoms with Crippen molar-refractivity contribution >= 4 is 34.3 Å². The van der Waals surface area contributed by atoms with Gasteiger partial charge in [0.15, 0.2) is 0 Å². The second kappa shape index (κ2) is 23.1. The van der Waals surface area contributed by atoms with Crippen LogP contribution in [0.1, 0.15) is 106 Å². The summed E-state index contributed by atoms with van der Waals surface area (Å²) in [6, 6.07) is 6.67. The van der Waals surface area contributed by atoms with Crippen molar-refractivity contribution in [1.82, 2.24) is 9.47 Å². The number of ketones is 2. The minimum absolute atomic E-state index is 0.0467. The number of carbonyl (C=O) groups is 4. The second-order valence-corrected chi connectivity index (χ2v) is 20.0. The summed E-state index contributed by atoms with van der Waals surface area (Å²) >= 11 is 0. The van der Waals surface area contributed by atoms with Crippen LogP contribution >= 0.6 is 0 Å². The van der Waals surface area contributed by atoms with Gasteiger partial charge in [0.1, 0.15) is 35.9 Å². The average Bonchev–Trinajstić information content (AvgIpc) is 3.73. The number of cyclic esters (lactones) is 1. The molecule has 1 aliphatic carbocycles. The quantitative estimate of drug-likeness (QED) is 0.129. The number of methoxy groups -OCH3 is 2. The molecule has 4 aliphatic rings. The Labute approximate surface area is 401 Å². The second-order valence-electron chi connectivity index (χ2n) is 20.0. The van der Waals surface area contributed by atoms with Crippen molar-refractivity contribution in [1.29, 1.82) is 0 Å². The number of hydrogen-bond donors (Lipinski definition) is 4. The van der Waals surface area contributed by atoms with Gasteiger partial charge in [0.05, 0.1) is 30.5 Å². The summed E-state index contributed by atoms with van der Waals surface area (Å²) in [6.45, 7) is 15.1. The zero-order valence-electron chi connectivity index (χ0n) is 41.3. The van der Waals surface area contributed by atoms with Gasteiger partial charge in [0.25, 0.3) is 11.7 Å². The van der Waals surface area contributed by atoms with Crippen LogP contribution in [0.4, 0.5) is 0 Å². The number of benzene rings is 1. The molecule has 1 aromatic heterocycles. The molecule has 1 saturated carbocycles. The highest BCUT2D eigenvalue weighted by Gasteiger charge is 2.57. The van der Waals surface area contributed by atoms with Gasteiger partial charge in [-0.15, -0.1) is 6.58 Å². The largest absolute Gasteiger partial charge is 0.488 e. The molecule has 6 rings (SSSR count). The van der Waals surface area contributed by atoms with E-state index in [2.05, 4.69) is 11.1 Å². The number of amides is 1. The molecule has 0 spiro atoms. The molecule has 2 saturated heterocycles. The third-order valence-corrected chi connectivity index (χ3v) is 15.2. The van der Waals surface area contributed by atoms with E-state index < -0.39 is 102 Å². The molecular weight excluding hydrogens is 873 g/mol. The van der Waals surface area contributed by atoms with Crippen LogP contribution in [0.2, 0.25) is 0 Å². The molecule has 2 aromatic rings. The van der Waals surface area contributed by atoms with Gasteiger partial charge in [-0.05, 0) is 119 Å². The van der Waals surface area contributed by atoms with E-state index in [9.17, 15) is 39.6 Å². The Morgan fingerprint density at radius 1 is 0.941 bits per heavy atom. The lowest BCUT2D eigenvalue weighted by molar-refractivity contribution is -0.302. The molecule has 1 aromatic carbocycles. The highest BCUT2D eigenvalue weighted by molar-refractivity contribution is 6.39. The number of carbonyl (C=O) groups excluding carboxylic acids is 4. The summed E-state index contributed by atoms with van der Waals surface area (Å²) in [5.41, 5.74) is 2.19. The lowest BCUT2D eigenvalue weighted by Crippen LogP contribution is -2.64. The Morgan fingerprint density at radius 2 is 1.66 bits per heavy atom. The van der Waals surface area contributed by atoms with Crippen molar-refractivity contribution in [3.8, 4) is 5.75 Å². The molecule has 1 amide bonds. The Hall–Kier alpha value is -4.22. The molecule has 68 heavy (non-hydrogen) atoms. The maximum Gasteiger partial charge on any atom is 0.329 e. The van der Waals surface area contributed by atoms with Gasteiger partial charge in [-0.2, -0.15) is 0 Å². The molecule has 3 fully saturated rings. The molecule has 15 unspecified atom stereocenters. The molecule has 15 nitrogen and oxygen atoms in total. The number of Topliss-reactive ketones (excluding diaryl/α,β-unsaturated/α-hetero) is 2. The highest BCUT2D eigenvalue weighted by atomic mass is 16.7. The smallest absolute Gasteiger partial charge is 0.329 e. The maximum absolute atomic E-state index is 14.5. The van der Waals surface area contributed by atoms with E-state index in [0.717, 1.165) is 15.8 Å². The highest BCUT2D eigenvalue weighted by Crippen LogP contribution is 2.40. The number of aromatic nitrogens is 1. The molecule has 3 aliphatic heterocycles. The van der Waals surface area contributed by atoms with Gasteiger partial charge in [-0.3, -0.25) is 14.4 Å². The first kappa shape index (κ1) is 53.1. The molecule has 4 N–H and O–H groups in total. The number of fused-ring (bicyclic) bond motifs is 4. The minimum Gasteiger partial charge on any atom is -0.488 e. The first-order chi connectivity index (χ1) is 32.3. The number of esters is 1. The van der Waals surface area contributed by atoms with Gasteiger partial charge in [-0.25, -0.2) is 4.79 Å². The summed E-state index contributed by atoms with van der Waals surface area (Å²) in [7, 11) is 2.94. The lowest BCUT2D eigenvalue weighted by atomic mass is 9.81. The van der Waals surface area contributed by atoms with E-state index in [4.69, 9.17) is 23.7 Å². The predicted molar refractivity (Wildman–Crippen MR) is 255 cm³/mol. The van der Waals surface area contributed by atoms with Crippen LogP contribution in [0.5, 0.6) is 5.75 Å². The molecule has 4 heterocycles.